The first-order chi connectivity index (χ1) is 14.2. The van der Waals surface area contributed by atoms with E-state index in [1.54, 1.807) is 0 Å². The van der Waals surface area contributed by atoms with E-state index in [0.29, 0.717) is 12.2 Å². The van der Waals surface area contributed by atoms with Crippen molar-refractivity contribution in [3.05, 3.63) is 53.1 Å². The van der Waals surface area contributed by atoms with Crippen LogP contribution in [0.3, 0.4) is 0 Å². The van der Waals surface area contributed by atoms with E-state index in [0.717, 1.165) is 27.8 Å². The van der Waals surface area contributed by atoms with E-state index in [9.17, 15) is 9.59 Å². The van der Waals surface area contributed by atoms with Gasteiger partial charge in [0, 0.05) is 12.2 Å². The highest BCUT2D eigenvalue weighted by Crippen LogP contribution is 2.27. The second kappa shape index (κ2) is 9.41. The van der Waals surface area contributed by atoms with Gasteiger partial charge in [0.15, 0.2) is 0 Å². The van der Waals surface area contributed by atoms with Crippen molar-refractivity contribution < 1.29 is 19.1 Å². The molecule has 0 aliphatic carbocycles. The van der Waals surface area contributed by atoms with Crippen LogP contribution in [0, 0.1) is 13.8 Å². The van der Waals surface area contributed by atoms with Gasteiger partial charge in [0.25, 0.3) is 0 Å². The summed E-state index contributed by atoms with van der Waals surface area (Å²) in [5.41, 5.74) is 4.57. The lowest BCUT2D eigenvalue weighted by Crippen LogP contribution is -2.32. The molecule has 6 nitrogen and oxygen atoms in total. The predicted molar refractivity (Wildman–Crippen MR) is 124 cm³/mol. The highest BCUT2D eigenvalue weighted by atomic mass is 16.6. The molecule has 0 aromatic heterocycles. The van der Waals surface area contributed by atoms with Gasteiger partial charge in [-0.3, -0.25) is 5.32 Å². The molecule has 168 valence electrons. The first kappa shape index (κ1) is 24.3. The van der Waals surface area contributed by atoms with E-state index < -0.39 is 23.4 Å². The van der Waals surface area contributed by atoms with Gasteiger partial charge in [0.05, 0.1) is 0 Å². The van der Waals surface area contributed by atoms with Gasteiger partial charge in [0.2, 0.25) is 0 Å². The maximum absolute atomic E-state index is 12.2. The number of ether oxygens (including phenoxy) is 2. The van der Waals surface area contributed by atoms with Gasteiger partial charge in [-0.25, -0.2) is 9.59 Å². The number of hydrogen-bond acceptors (Lipinski definition) is 4. The van der Waals surface area contributed by atoms with E-state index in [4.69, 9.17) is 9.47 Å². The number of benzene rings is 2. The van der Waals surface area contributed by atoms with E-state index in [-0.39, 0.29) is 0 Å². The molecule has 2 rings (SSSR count). The van der Waals surface area contributed by atoms with Gasteiger partial charge in [0.1, 0.15) is 11.2 Å². The Balaban J connectivity index is 2.21. The number of carbonyl (C=O) groups is 2. The number of hydrogen-bond donors (Lipinski definition) is 2. The van der Waals surface area contributed by atoms with E-state index in [2.05, 4.69) is 22.8 Å². The Labute approximate surface area is 185 Å². The van der Waals surface area contributed by atoms with Crippen LogP contribution >= 0.6 is 0 Å². The summed E-state index contributed by atoms with van der Waals surface area (Å²) in [5.74, 6) is 0. The summed E-state index contributed by atoms with van der Waals surface area (Å²) in [4.78, 5) is 24.1. The second-order valence-corrected chi connectivity index (χ2v) is 9.78. The van der Waals surface area contributed by atoms with Crippen LogP contribution in [0.15, 0.2) is 36.4 Å². The van der Waals surface area contributed by atoms with Crippen molar-refractivity contribution in [2.24, 2.45) is 0 Å². The molecule has 0 radical (unpaired) electrons. The average Bonchev–Trinajstić information content (AvgIpc) is 2.55. The second-order valence-electron chi connectivity index (χ2n) is 9.78. The van der Waals surface area contributed by atoms with Crippen molar-refractivity contribution in [3.63, 3.8) is 0 Å². The first-order valence-electron chi connectivity index (χ1n) is 10.4. The van der Waals surface area contributed by atoms with Gasteiger partial charge >= 0.3 is 12.2 Å². The molecule has 0 fully saturated rings. The van der Waals surface area contributed by atoms with Gasteiger partial charge < -0.3 is 14.8 Å². The average molecular weight is 427 g/mol. The Morgan fingerprint density at radius 1 is 0.742 bits per heavy atom. The van der Waals surface area contributed by atoms with Crippen LogP contribution in [0.2, 0.25) is 0 Å². The maximum atomic E-state index is 12.2. The summed E-state index contributed by atoms with van der Waals surface area (Å²) < 4.78 is 10.7. The Morgan fingerprint density at radius 3 is 1.84 bits per heavy atom. The Hall–Kier alpha value is -3.02. The standard InChI is InChI=1S/C25H34N2O4/c1-16-9-18(15-26-22(28)30-24(3,4)5)13-19(10-16)20-11-17(2)12-21(14-20)27-23(29)31-25(6,7)8/h9-14H,15H2,1-8H3,(H,26,28)(H,27,29). The van der Waals surface area contributed by atoms with E-state index in [1.165, 1.54) is 0 Å². The zero-order valence-electron chi connectivity index (χ0n) is 19.8. The molecular formula is C25H34N2O4. The number of nitrogens with one attached hydrogen (secondary N) is 2. The molecule has 0 unspecified atom stereocenters. The van der Waals surface area contributed by atoms with Crippen molar-refractivity contribution in [2.45, 2.75) is 73.1 Å². The zero-order valence-corrected chi connectivity index (χ0v) is 19.8. The monoisotopic (exact) mass is 426 g/mol. The molecule has 0 saturated heterocycles. The largest absolute Gasteiger partial charge is 0.444 e. The highest BCUT2D eigenvalue weighted by molar-refractivity contribution is 5.86. The van der Waals surface area contributed by atoms with Crippen LogP contribution in [0.25, 0.3) is 11.1 Å². The lowest BCUT2D eigenvalue weighted by atomic mass is 9.98. The van der Waals surface area contributed by atoms with Gasteiger partial charge in [-0.15, -0.1) is 0 Å². The lowest BCUT2D eigenvalue weighted by molar-refractivity contribution is 0.0522. The third-order valence-corrected chi connectivity index (χ3v) is 4.03. The molecule has 2 amide bonds. The summed E-state index contributed by atoms with van der Waals surface area (Å²) >= 11 is 0. The minimum atomic E-state index is -0.566. The summed E-state index contributed by atoms with van der Waals surface area (Å²) in [7, 11) is 0. The minimum Gasteiger partial charge on any atom is -0.444 e. The number of aryl methyl sites for hydroxylation is 2. The van der Waals surface area contributed by atoms with Crippen LogP contribution in [0.5, 0.6) is 0 Å². The zero-order chi connectivity index (χ0) is 23.4. The maximum Gasteiger partial charge on any atom is 0.412 e. The normalized spacial score (nSPS) is 11.6. The molecule has 31 heavy (non-hydrogen) atoms. The lowest BCUT2D eigenvalue weighted by Gasteiger charge is -2.20. The fraction of sp³-hybridized carbons (Fsp3) is 0.440. The Morgan fingerprint density at radius 2 is 1.26 bits per heavy atom. The number of rotatable bonds is 4. The quantitative estimate of drug-likeness (QED) is 0.598. The topological polar surface area (TPSA) is 76.7 Å². The smallest absolute Gasteiger partial charge is 0.412 e. The molecule has 0 aliphatic rings. The molecule has 2 aromatic rings. The molecule has 0 bridgehead atoms. The van der Waals surface area contributed by atoms with Crippen molar-refractivity contribution in [1.29, 1.82) is 0 Å². The molecule has 0 spiro atoms. The molecule has 0 saturated carbocycles. The molecule has 2 N–H and O–H groups in total. The Bertz CT molecular complexity index is 953. The third-order valence-electron chi connectivity index (χ3n) is 4.03. The van der Waals surface area contributed by atoms with Crippen molar-refractivity contribution in [1.82, 2.24) is 5.32 Å². The Kier molecular flexibility index (Phi) is 7.37. The van der Waals surface area contributed by atoms with Crippen LogP contribution in [0.4, 0.5) is 15.3 Å². The van der Waals surface area contributed by atoms with Crippen molar-refractivity contribution in [3.8, 4) is 11.1 Å². The SMILES string of the molecule is Cc1cc(CNC(=O)OC(C)(C)C)cc(-c2cc(C)cc(NC(=O)OC(C)(C)C)c2)c1. The number of carbonyl (C=O) groups excluding carboxylic acids is 2. The fourth-order valence-corrected chi connectivity index (χ4v) is 3.06. The third kappa shape index (κ3) is 8.70. The van der Waals surface area contributed by atoms with Crippen LogP contribution in [-0.2, 0) is 16.0 Å². The van der Waals surface area contributed by atoms with Gasteiger partial charge in [-0.05, 0) is 95.8 Å². The predicted octanol–water partition coefficient (Wildman–Crippen LogP) is 6.34. The summed E-state index contributed by atoms with van der Waals surface area (Å²) in [6.45, 7) is 15.3. The molecule has 0 atom stereocenters. The molecular weight excluding hydrogens is 392 g/mol. The fourth-order valence-electron chi connectivity index (χ4n) is 3.06. The minimum absolute atomic E-state index is 0.360. The van der Waals surface area contributed by atoms with Crippen molar-refractivity contribution in [2.75, 3.05) is 5.32 Å². The summed E-state index contributed by atoms with van der Waals surface area (Å²) in [6.07, 6.45) is -0.939. The highest BCUT2D eigenvalue weighted by Gasteiger charge is 2.17. The van der Waals surface area contributed by atoms with Crippen molar-refractivity contribution >= 4 is 17.9 Å². The molecule has 0 aliphatic heterocycles. The molecule has 6 heteroatoms. The van der Waals surface area contributed by atoms with Crippen LogP contribution in [-0.4, -0.2) is 23.4 Å². The molecule has 0 heterocycles. The molecule has 2 aromatic carbocycles. The van der Waals surface area contributed by atoms with Crippen LogP contribution < -0.4 is 10.6 Å². The number of amides is 2. The van der Waals surface area contributed by atoms with E-state index >= 15 is 0 Å². The van der Waals surface area contributed by atoms with E-state index in [1.807, 2.05) is 79.7 Å². The summed E-state index contributed by atoms with van der Waals surface area (Å²) in [6, 6.07) is 12.0. The van der Waals surface area contributed by atoms with Gasteiger partial charge in [-0.1, -0.05) is 23.8 Å². The summed E-state index contributed by atoms with van der Waals surface area (Å²) in [5, 5.41) is 5.60. The number of alkyl carbamates (subject to hydrolysis) is 1. The van der Waals surface area contributed by atoms with Gasteiger partial charge in [-0.2, -0.15) is 0 Å². The van der Waals surface area contributed by atoms with Crippen LogP contribution in [0.1, 0.15) is 58.2 Å². The first-order valence-corrected chi connectivity index (χ1v) is 10.4. The number of anilines is 1.